The molecule has 1 aliphatic rings. The van der Waals surface area contributed by atoms with Crippen LogP contribution in [0.5, 0.6) is 0 Å². The predicted molar refractivity (Wildman–Crippen MR) is 98.7 cm³/mol. The summed E-state index contributed by atoms with van der Waals surface area (Å²) in [4.78, 5) is 22.5. The van der Waals surface area contributed by atoms with E-state index in [1.165, 1.54) is 12.8 Å². The molecular weight excluding hydrogens is 318 g/mol. The topological polar surface area (TPSA) is 78.8 Å². The summed E-state index contributed by atoms with van der Waals surface area (Å²) >= 11 is 0. The zero-order valence-electron chi connectivity index (χ0n) is 15.2. The Balaban J connectivity index is 1.69. The Hall–Kier alpha value is -2.15. The molecule has 1 heterocycles. The number of likely N-dealkylation sites (N-methyl/N-ethyl adjacent to an activating group) is 1. The highest BCUT2D eigenvalue weighted by Crippen LogP contribution is 2.28. The molecule has 1 aromatic rings. The fourth-order valence-corrected chi connectivity index (χ4v) is 2.24. The van der Waals surface area contributed by atoms with Crippen molar-refractivity contribution in [3.05, 3.63) is 30.1 Å². The largest absolute Gasteiger partial charge is 0.379 e. The third kappa shape index (κ3) is 7.51. The number of guanidine groups is 1. The van der Waals surface area contributed by atoms with Gasteiger partial charge in [0.15, 0.2) is 5.96 Å². The van der Waals surface area contributed by atoms with E-state index in [1.807, 2.05) is 14.0 Å². The first-order chi connectivity index (χ1) is 12.2. The van der Waals surface area contributed by atoms with Crippen molar-refractivity contribution in [1.29, 1.82) is 0 Å². The summed E-state index contributed by atoms with van der Waals surface area (Å²) in [6, 6.07) is 3.49. The van der Waals surface area contributed by atoms with Crippen LogP contribution in [0.15, 0.2) is 29.5 Å². The Morgan fingerprint density at radius 1 is 1.44 bits per heavy atom. The van der Waals surface area contributed by atoms with Crippen LogP contribution in [0.3, 0.4) is 0 Å². The quantitative estimate of drug-likeness (QED) is 0.377. The van der Waals surface area contributed by atoms with E-state index in [4.69, 9.17) is 4.74 Å². The van der Waals surface area contributed by atoms with Crippen LogP contribution in [0.25, 0.3) is 0 Å². The molecule has 1 saturated carbocycles. The Morgan fingerprint density at radius 2 is 2.28 bits per heavy atom. The van der Waals surface area contributed by atoms with Crippen molar-refractivity contribution in [1.82, 2.24) is 20.5 Å². The van der Waals surface area contributed by atoms with Crippen LogP contribution in [0, 0.1) is 5.92 Å². The lowest BCUT2D eigenvalue weighted by Crippen LogP contribution is -2.41. The van der Waals surface area contributed by atoms with E-state index >= 15 is 0 Å². The zero-order chi connectivity index (χ0) is 17.9. The van der Waals surface area contributed by atoms with Gasteiger partial charge in [-0.3, -0.25) is 14.8 Å². The average molecular weight is 347 g/mol. The number of aromatic nitrogens is 1. The van der Waals surface area contributed by atoms with Crippen LogP contribution in [-0.4, -0.2) is 68.2 Å². The maximum Gasteiger partial charge on any atom is 0.252 e. The van der Waals surface area contributed by atoms with Gasteiger partial charge < -0.3 is 20.3 Å². The van der Waals surface area contributed by atoms with Gasteiger partial charge in [0, 0.05) is 45.7 Å². The van der Waals surface area contributed by atoms with Crippen LogP contribution in [0.1, 0.15) is 30.1 Å². The average Bonchev–Trinajstić information content (AvgIpc) is 3.46. The van der Waals surface area contributed by atoms with E-state index in [-0.39, 0.29) is 5.91 Å². The first-order valence-electron chi connectivity index (χ1n) is 8.96. The molecule has 0 unspecified atom stereocenters. The van der Waals surface area contributed by atoms with Gasteiger partial charge in [-0.05, 0) is 37.8 Å². The maximum absolute atomic E-state index is 11.9. The first kappa shape index (κ1) is 19.2. The minimum absolute atomic E-state index is 0.130. The van der Waals surface area contributed by atoms with Crippen molar-refractivity contribution in [2.75, 3.05) is 46.4 Å². The number of aliphatic imine (C=N–C) groups is 1. The van der Waals surface area contributed by atoms with Crippen LogP contribution in [-0.2, 0) is 4.74 Å². The number of ether oxygens (including phenoxy) is 1. The highest BCUT2D eigenvalue weighted by molar-refractivity contribution is 5.93. The molecule has 0 atom stereocenters. The second-order valence-corrected chi connectivity index (χ2v) is 6.17. The van der Waals surface area contributed by atoms with E-state index in [0.717, 1.165) is 31.6 Å². The molecule has 1 fully saturated rings. The van der Waals surface area contributed by atoms with Crippen molar-refractivity contribution < 1.29 is 9.53 Å². The Labute approximate surface area is 149 Å². The zero-order valence-corrected chi connectivity index (χ0v) is 15.2. The van der Waals surface area contributed by atoms with Crippen molar-refractivity contribution in [2.24, 2.45) is 10.9 Å². The molecule has 0 radical (unpaired) electrons. The summed E-state index contributed by atoms with van der Waals surface area (Å²) in [6.45, 7) is 6.21. The third-order valence-electron chi connectivity index (χ3n) is 3.90. The van der Waals surface area contributed by atoms with E-state index in [1.54, 1.807) is 24.5 Å². The van der Waals surface area contributed by atoms with Crippen molar-refractivity contribution in [2.45, 2.75) is 19.8 Å². The maximum atomic E-state index is 11.9. The van der Waals surface area contributed by atoms with E-state index in [9.17, 15) is 4.79 Å². The van der Waals surface area contributed by atoms with Crippen LogP contribution in [0.4, 0.5) is 0 Å². The Bertz CT molecular complexity index is 546. The molecule has 1 amide bonds. The highest BCUT2D eigenvalue weighted by atomic mass is 16.5. The van der Waals surface area contributed by atoms with Gasteiger partial charge in [0.1, 0.15) is 0 Å². The molecule has 138 valence electrons. The smallest absolute Gasteiger partial charge is 0.252 e. The molecule has 0 aromatic carbocycles. The molecule has 1 aromatic heterocycles. The number of carbonyl (C=O) groups excluding carboxylic acids is 1. The second-order valence-electron chi connectivity index (χ2n) is 6.17. The van der Waals surface area contributed by atoms with E-state index in [2.05, 4.69) is 25.5 Å². The minimum Gasteiger partial charge on any atom is -0.379 e. The Kier molecular flexibility index (Phi) is 8.18. The molecule has 1 aliphatic carbocycles. The summed E-state index contributed by atoms with van der Waals surface area (Å²) < 4.78 is 5.68. The van der Waals surface area contributed by atoms with Gasteiger partial charge in [-0.15, -0.1) is 0 Å². The standard InChI is InChI=1S/C18H29N5O2/c1-3-20-18(23(2)11-12-25-14-15-6-7-15)22-10-9-21-17(24)16-5-4-8-19-13-16/h4-5,8,13,15H,3,6-7,9-12,14H2,1-2H3,(H,20,22)(H,21,24). The summed E-state index contributed by atoms with van der Waals surface area (Å²) in [5, 5.41) is 6.11. The summed E-state index contributed by atoms with van der Waals surface area (Å²) in [7, 11) is 2.00. The van der Waals surface area contributed by atoms with Crippen molar-refractivity contribution in [3.63, 3.8) is 0 Å². The molecule has 2 N–H and O–H groups in total. The van der Waals surface area contributed by atoms with Crippen LogP contribution < -0.4 is 10.6 Å². The normalized spacial score (nSPS) is 14.2. The van der Waals surface area contributed by atoms with Crippen LogP contribution >= 0.6 is 0 Å². The number of pyridine rings is 1. The van der Waals surface area contributed by atoms with Gasteiger partial charge in [-0.1, -0.05) is 0 Å². The lowest BCUT2D eigenvalue weighted by atomic mass is 10.3. The molecule has 7 nitrogen and oxygen atoms in total. The monoisotopic (exact) mass is 347 g/mol. The summed E-state index contributed by atoms with van der Waals surface area (Å²) in [6.07, 6.45) is 5.82. The van der Waals surface area contributed by atoms with Gasteiger partial charge >= 0.3 is 0 Å². The highest BCUT2D eigenvalue weighted by Gasteiger charge is 2.21. The second kappa shape index (κ2) is 10.7. The van der Waals surface area contributed by atoms with Gasteiger partial charge in [0.05, 0.1) is 18.7 Å². The molecule has 25 heavy (non-hydrogen) atoms. The number of hydrogen-bond donors (Lipinski definition) is 2. The molecule has 7 heteroatoms. The summed E-state index contributed by atoms with van der Waals surface area (Å²) in [5.74, 6) is 1.49. The molecular formula is C18H29N5O2. The predicted octanol–water partition coefficient (Wildman–Crippen LogP) is 1.14. The third-order valence-corrected chi connectivity index (χ3v) is 3.90. The van der Waals surface area contributed by atoms with Crippen molar-refractivity contribution in [3.8, 4) is 0 Å². The molecule has 0 bridgehead atoms. The van der Waals surface area contributed by atoms with Crippen molar-refractivity contribution >= 4 is 11.9 Å². The number of nitrogens with zero attached hydrogens (tertiary/aromatic N) is 3. The van der Waals surface area contributed by atoms with Gasteiger partial charge in [0.2, 0.25) is 0 Å². The van der Waals surface area contributed by atoms with E-state index in [0.29, 0.717) is 25.3 Å². The number of rotatable bonds is 10. The SMILES string of the molecule is CCNC(=NCCNC(=O)c1cccnc1)N(C)CCOCC1CC1. The van der Waals surface area contributed by atoms with Gasteiger partial charge in [-0.25, -0.2) is 0 Å². The lowest BCUT2D eigenvalue weighted by Gasteiger charge is -2.22. The fourth-order valence-electron chi connectivity index (χ4n) is 2.24. The molecule has 0 saturated heterocycles. The lowest BCUT2D eigenvalue weighted by molar-refractivity contribution is 0.0954. The Morgan fingerprint density at radius 3 is 2.96 bits per heavy atom. The molecule has 0 spiro atoms. The number of amides is 1. The van der Waals surface area contributed by atoms with Gasteiger partial charge in [-0.2, -0.15) is 0 Å². The number of carbonyl (C=O) groups is 1. The van der Waals surface area contributed by atoms with Crippen LogP contribution in [0.2, 0.25) is 0 Å². The number of nitrogens with one attached hydrogen (secondary N) is 2. The van der Waals surface area contributed by atoms with Gasteiger partial charge in [0.25, 0.3) is 5.91 Å². The first-order valence-corrected chi connectivity index (χ1v) is 8.96. The molecule has 2 rings (SSSR count). The summed E-state index contributed by atoms with van der Waals surface area (Å²) in [5.41, 5.74) is 0.559. The fraction of sp³-hybridized carbons (Fsp3) is 0.611. The minimum atomic E-state index is -0.130. The molecule has 0 aliphatic heterocycles. The number of hydrogen-bond acceptors (Lipinski definition) is 4. The van der Waals surface area contributed by atoms with E-state index < -0.39 is 0 Å².